The molecule has 0 spiro atoms. The van der Waals surface area contributed by atoms with Gasteiger partial charge < -0.3 is 9.88 Å². The van der Waals surface area contributed by atoms with Crippen molar-refractivity contribution in [1.29, 1.82) is 0 Å². The van der Waals surface area contributed by atoms with E-state index >= 15 is 0 Å². The van der Waals surface area contributed by atoms with Gasteiger partial charge in [0.25, 0.3) is 0 Å². The molecule has 4 aromatic rings. The van der Waals surface area contributed by atoms with Gasteiger partial charge in [-0.05, 0) is 47.7 Å². The number of tetrazole rings is 1. The van der Waals surface area contributed by atoms with Gasteiger partial charge in [-0.1, -0.05) is 0 Å². The van der Waals surface area contributed by atoms with Crippen LogP contribution in [0.25, 0.3) is 17.2 Å². The first-order chi connectivity index (χ1) is 14.5. The lowest BCUT2D eigenvalue weighted by molar-refractivity contribution is 0.582. The summed E-state index contributed by atoms with van der Waals surface area (Å²) in [6, 6.07) is 10.7. The Labute approximate surface area is 170 Å². The highest BCUT2D eigenvalue weighted by molar-refractivity contribution is 7.89. The van der Waals surface area contributed by atoms with Crippen LogP contribution < -0.4 is 10.0 Å². The SMILES string of the molecule is O=S(=O)(NCCNc1ccc(-n2cccc2)nn1)c1ccc(F)c(-c2nn[nH]n2)c1. The molecule has 0 amide bonds. The average Bonchev–Trinajstić information content (AvgIpc) is 3.46. The number of rotatable bonds is 8. The fourth-order valence-corrected chi connectivity index (χ4v) is 3.68. The first-order valence-electron chi connectivity index (χ1n) is 8.77. The first kappa shape index (κ1) is 19.6. The number of anilines is 1. The summed E-state index contributed by atoms with van der Waals surface area (Å²) < 4.78 is 43.2. The van der Waals surface area contributed by atoms with Gasteiger partial charge in [-0.2, -0.15) is 5.21 Å². The summed E-state index contributed by atoms with van der Waals surface area (Å²) in [5, 5.41) is 24.0. The maximum Gasteiger partial charge on any atom is 0.240 e. The fourth-order valence-electron chi connectivity index (χ4n) is 2.62. The van der Waals surface area contributed by atoms with Crippen LogP contribution in [-0.2, 0) is 10.0 Å². The van der Waals surface area contributed by atoms with Crippen LogP contribution in [0.5, 0.6) is 0 Å². The van der Waals surface area contributed by atoms with Crippen LogP contribution in [-0.4, -0.2) is 56.9 Å². The lowest BCUT2D eigenvalue weighted by atomic mass is 10.2. The number of nitrogens with one attached hydrogen (secondary N) is 3. The molecule has 0 aliphatic heterocycles. The van der Waals surface area contributed by atoms with E-state index in [2.05, 4.69) is 40.9 Å². The average molecular weight is 429 g/mol. The van der Waals surface area contributed by atoms with E-state index in [1.165, 1.54) is 6.07 Å². The maximum atomic E-state index is 14.0. The van der Waals surface area contributed by atoms with Crippen molar-refractivity contribution < 1.29 is 12.8 Å². The Hall–Kier alpha value is -3.71. The molecule has 11 nitrogen and oxygen atoms in total. The molecule has 4 rings (SSSR count). The number of aromatic nitrogens is 7. The monoisotopic (exact) mass is 429 g/mol. The number of benzene rings is 1. The number of H-pyrrole nitrogens is 1. The molecule has 30 heavy (non-hydrogen) atoms. The third-order valence-corrected chi connectivity index (χ3v) is 5.54. The molecule has 0 atom stereocenters. The molecule has 3 N–H and O–H groups in total. The van der Waals surface area contributed by atoms with Gasteiger partial charge >= 0.3 is 0 Å². The number of hydrogen-bond donors (Lipinski definition) is 3. The van der Waals surface area contributed by atoms with E-state index in [1.807, 2.05) is 29.1 Å². The Kier molecular flexibility index (Phi) is 5.45. The summed E-state index contributed by atoms with van der Waals surface area (Å²) in [6.07, 6.45) is 3.71. The molecule has 1 aromatic carbocycles. The lowest BCUT2D eigenvalue weighted by Gasteiger charge is -2.09. The second-order valence-corrected chi connectivity index (χ2v) is 7.84. The minimum Gasteiger partial charge on any atom is -0.367 e. The van der Waals surface area contributed by atoms with Gasteiger partial charge in [-0.25, -0.2) is 17.5 Å². The molecule has 0 aliphatic rings. The molecule has 3 heterocycles. The molecule has 154 valence electrons. The van der Waals surface area contributed by atoms with Gasteiger partial charge in [-0.15, -0.1) is 20.4 Å². The van der Waals surface area contributed by atoms with E-state index in [1.54, 1.807) is 12.1 Å². The van der Waals surface area contributed by atoms with Crippen LogP contribution in [0.4, 0.5) is 10.2 Å². The van der Waals surface area contributed by atoms with Gasteiger partial charge in [0.05, 0.1) is 10.5 Å². The van der Waals surface area contributed by atoms with E-state index < -0.39 is 15.8 Å². The predicted molar refractivity (Wildman–Crippen MR) is 105 cm³/mol. The minimum absolute atomic E-state index is 0.0341. The van der Waals surface area contributed by atoms with Crippen molar-refractivity contribution in [3.05, 3.63) is 60.7 Å². The molecule has 0 unspecified atom stereocenters. The number of sulfonamides is 1. The second-order valence-electron chi connectivity index (χ2n) is 6.07. The second kappa shape index (κ2) is 8.34. The third-order valence-electron chi connectivity index (χ3n) is 4.08. The topological polar surface area (TPSA) is 143 Å². The quantitative estimate of drug-likeness (QED) is 0.352. The number of hydrogen-bond acceptors (Lipinski definition) is 8. The highest BCUT2D eigenvalue weighted by Gasteiger charge is 2.18. The van der Waals surface area contributed by atoms with E-state index in [9.17, 15) is 12.8 Å². The Bertz CT molecular complexity index is 1210. The molecular weight excluding hydrogens is 413 g/mol. The Morgan fingerprint density at radius 2 is 1.87 bits per heavy atom. The van der Waals surface area contributed by atoms with Crippen LogP contribution >= 0.6 is 0 Å². The predicted octanol–water partition coefficient (Wildman–Crippen LogP) is 0.977. The lowest BCUT2D eigenvalue weighted by Crippen LogP contribution is -2.29. The van der Waals surface area contributed by atoms with Crippen LogP contribution in [0.15, 0.2) is 59.8 Å². The summed E-state index contributed by atoms with van der Waals surface area (Å²) >= 11 is 0. The van der Waals surface area contributed by atoms with Gasteiger partial charge in [-0.3, -0.25) is 0 Å². The van der Waals surface area contributed by atoms with Crippen molar-refractivity contribution in [3.63, 3.8) is 0 Å². The number of nitrogens with zero attached hydrogens (tertiary/aromatic N) is 6. The molecule has 0 saturated heterocycles. The van der Waals surface area contributed by atoms with Crippen molar-refractivity contribution in [3.8, 4) is 17.2 Å². The van der Waals surface area contributed by atoms with Crippen LogP contribution in [0.3, 0.4) is 0 Å². The van der Waals surface area contributed by atoms with Crippen molar-refractivity contribution in [2.75, 3.05) is 18.4 Å². The zero-order valence-electron chi connectivity index (χ0n) is 15.4. The molecule has 0 aliphatic carbocycles. The van der Waals surface area contributed by atoms with Crippen molar-refractivity contribution in [1.82, 2.24) is 40.1 Å². The molecule has 0 radical (unpaired) electrons. The van der Waals surface area contributed by atoms with Crippen molar-refractivity contribution >= 4 is 15.8 Å². The summed E-state index contributed by atoms with van der Waals surface area (Å²) in [5.74, 6) is 0.485. The summed E-state index contributed by atoms with van der Waals surface area (Å²) in [4.78, 5) is -0.112. The van der Waals surface area contributed by atoms with Gasteiger partial charge in [0.2, 0.25) is 15.8 Å². The standard InChI is InChI=1S/C17H16FN9O2S/c18-14-4-3-12(11-13(14)17-23-25-26-24-17)30(28,29)20-8-7-19-15-5-6-16(22-21-15)27-9-1-2-10-27/h1-6,9-11,20H,7-8H2,(H,19,21)(H,23,24,25,26). The zero-order chi connectivity index (χ0) is 21.0. The van der Waals surface area contributed by atoms with E-state index in [0.29, 0.717) is 11.6 Å². The summed E-state index contributed by atoms with van der Waals surface area (Å²) in [5.41, 5.74) is -0.0668. The first-order valence-corrected chi connectivity index (χ1v) is 10.3. The van der Waals surface area contributed by atoms with Crippen molar-refractivity contribution in [2.45, 2.75) is 4.90 Å². The van der Waals surface area contributed by atoms with Crippen LogP contribution in [0, 0.1) is 5.82 Å². The van der Waals surface area contributed by atoms with Crippen LogP contribution in [0.2, 0.25) is 0 Å². The fraction of sp³-hybridized carbons (Fsp3) is 0.118. The summed E-state index contributed by atoms with van der Waals surface area (Å²) in [6.45, 7) is 0.355. The Morgan fingerprint density at radius 1 is 1.03 bits per heavy atom. The van der Waals surface area contributed by atoms with Gasteiger partial charge in [0, 0.05) is 25.5 Å². The number of aromatic amines is 1. The smallest absolute Gasteiger partial charge is 0.240 e. The normalized spacial score (nSPS) is 11.5. The molecule has 0 fully saturated rings. The summed E-state index contributed by atoms with van der Waals surface area (Å²) in [7, 11) is -3.86. The Morgan fingerprint density at radius 3 is 2.57 bits per heavy atom. The Balaban J connectivity index is 1.35. The molecule has 3 aromatic heterocycles. The molecular formula is C17H16FN9O2S. The maximum absolute atomic E-state index is 14.0. The van der Waals surface area contributed by atoms with Crippen molar-refractivity contribution in [2.24, 2.45) is 0 Å². The van der Waals surface area contributed by atoms with Gasteiger partial charge in [0.1, 0.15) is 11.6 Å². The zero-order valence-corrected chi connectivity index (χ0v) is 16.2. The molecule has 0 saturated carbocycles. The van der Waals surface area contributed by atoms with Crippen LogP contribution in [0.1, 0.15) is 0 Å². The highest BCUT2D eigenvalue weighted by Crippen LogP contribution is 2.22. The molecule has 0 bridgehead atoms. The largest absolute Gasteiger partial charge is 0.367 e. The minimum atomic E-state index is -3.86. The van der Waals surface area contributed by atoms with E-state index in [-0.39, 0.29) is 29.4 Å². The van der Waals surface area contributed by atoms with E-state index in [0.717, 1.165) is 12.1 Å². The highest BCUT2D eigenvalue weighted by atomic mass is 32.2. The van der Waals surface area contributed by atoms with Gasteiger partial charge in [0.15, 0.2) is 5.82 Å². The third kappa shape index (κ3) is 4.31. The molecule has 13 heteroatoms. The van der Waals surface area contributed by atoms with E-state index in [4.69, 9.17) is 0 Å². The number of halogens is 1.